The Morgan fingerprint density at radius 3 is 2.50 bits per heavy atom. The number of halogens is 1. The minimum absolute atomic E-state index is 0.360. The number of hydrogen-bond acceptors (Lipinski definition) is 1. The van der Waals surface area contributed by atoms with E-state index in [-0.39, 0.29) is 0 Å². The molecule has 1 unspecified atom stereocenters. The maximum Gasteiger partial charge on any atom is 0.0511 e. The van der Waals surface area contributed by atoms with Crippen molar-refractivity contribution in [3.05, 3.63) is 64.1 Å². The van der Waals surface area contributed by atoms with Gasteiger partial charge in [-0.05, 0) is 36.6 Å². The van der Waals surface area contributed by atoms with Gasteiger partial charge >= 0.3 is 0 Å². The predicted molar refractivity (Wildman–Crippen MR) is 82.0 cm³/mol. The quantitative estimate of drug-likeness (QED) is 0.806. The Hall–Kier alpha value is -1.28. The first-order valence-corrected chi connectivity index (χ1v) is 7.07. The molecule has 18 heavy (non-hydrogen) atoms. The van der Waals surface area contributed by atoms with Gasteiger partial charge < -0.3 is 5.32 Å². The Morgan fingerprint density at radius 2 is 1.83 bits per heavy atom. The third-order valence-electron chi connectivity index (χ3n) is 3.14. The van der Waals surface area contributed by atoms with Crippen molar-refractivity contribution < 1.29 is 0 Å². The first-order valence-electron chi connectivity index (χ1n) is 6.28. The van der Waals surface area contributed by atoms with Crippen LogP contribution in [0, 0.1) is 6.92 Å². The Morgan fingerprint density at radius 1 is 1.11 bits per heavy atom. The van der Waals surface area contributed by atoms with E-state index >= 15 is 0 Å². The van der Waals surface area contributed by atoms with Gasteiger partial charge in [0.1, 0.15) is 0 Å². The SMILES string of the molecule is CCC(Nc1cc(Br)ccc1C)c1ccccc1. The average molecular weight is 304 g/mol. The smallest absolute Gasteiger partial charge is 0.0511 e. The van der Waals surface area contributed by atoms with E-state index in [4.69, 9.17) is 0 Å². The Balaban J connectivity index is 2.23. The Kier molecular flexibility index (Phi) is 4.43. The summed E-state index contributed by atoms with van der Waals surface area (Å²) in [4.78, 5) is 0. The summed E-state index contributed by atoms with van der Waals surface area (Å²) >= 11 is 3.52. The molecule has 0 saturated carbocycles. The molecule has 0 fully saturated rings. The van der Waals surface area contributed by atoms with Gasteiger partial charge in [-0.2, -0.15) is 0 Å². The summed E-state index contributed by atoms with van der Waals surface area (Å²) in [5.74, 6) is 0. The van der Waals surface area contributed by atoms with Crippen LogP contribution in [0.3, 0.4) is 0 Å². The molecule has 94 valence electrons. The van der Waals surface area contributed by atoms with Crippen molar-refractivity contribution in [2.24, 2.45) is 0 Å². The molecule has 2 rings (SSSR count). The van der Waals surface area contributed by atoms with Gasteiger partial charge in [-0.1, -0.05) is 59.3 Å². The van der Waals surface area contributed by atoms with Crippen LogP contribution < -0.4 is 5.32 Å². The minimum Gasteiger partial charge on any atom is -0.378 e. The van der Waals surface area contributed by atoms with Crippen molar-refractivity contribution in [2.75, 3.05) is 5.32 Å². The van der Waals surface area contributed by atoms with E-state index in [9.17, 15) is 0 Å². The Bertz CT molecular complexity index is 508. The molecule has 1 nitrogen and oxygen atoms in total. The zero-order valence-electron chi connectivity index (χ0n) is 10.8. The topological polar surface area (TPSA) is 12.0 Å². The molecule has 0 aromatic heterocycles. The zero-order valence-corrected chi connectivity index (χ0v) is 12.4. The van der Waals surface area contributed by atoms with Gasteiger partial charge in [0.05, 0.1) is 6.04 Å². The van der Waals surface area contributed by atoms with Crippen molar-refractivity contribution in [1.29, 1.82) is 0 Å². The molecule has 0 aliphatic carbocycles. The van der Waals surface area contributed by atoms with Crippen LogP contribution in [-0.4, -0.2) is 0 Å². The van der Waals surface area contributed by atoms with Crippen molar-refractivity contribution >= 4 is 21.6 Å². The average Bonchev–Trinajstić information content (AvgIpc) is 2.41. The summed E-state index contributed by atoms with van der Waals surface area (Å²) in [6.45, 7) is 4.34. The normalized spacial score (nSPS) is 12.2. The fraction of sp³-hybridized carbons (Fsp3) is 0.250. The third-order valence-corrected chi connectivity index (χ3v) is 3.63. The van der Waals surface area contributed by atoms with Crippen molar-refractivity contribution in [3.63, 3.8) is 0 Å². The maximum atomic E-state index is 3.62. The van der Waals surface area contributed by atoms with Crippen LogP contribution in [0.1, 0.15) is 30.5 Å². The largest absolute Gasteiger partial charge is 0.378 e. The van der Waals surface area contributed by atoms with Crippen LogP contribution in [0.4, 0.5) is 5.69 Å². The second kappa shape index (κ2) is 6.05. The highest BCUT2D eigenvalue weighted by molar-refractivity contribution is 9.10. The molecule has 0 saturated heterocycles. The van der Waals surface area contributed by atoms with Gasteiger partial charge in [-0.3, -0.25) is 0 Å². The second-order valence-corrected chi connectivity index (χ2v) is 5.39. The van der Waals surface area contributed by atoms with E-state index in [1.807, 2.05) is 0 Å². The monoisotopic (exact) mass is 303 g/mol. The molecule has 0 aliphatic heterocycles. The second-order valence-electron chi connectivity index (χ2n) is 4.48. The molecule has 0 heterocycles. The van der Waals surface area contributed by atoms with Crippen molar-refractivity contribution in [3.8, 4) is 0 Å². The first kappa shape index (κ1) is 13.2. The van der Waals surface area contributed by atoms with E-state index in [0.717, 1.165) is 10.9 Å². The zero-order chi connectivity index (χ0) is 13.0. The highest BCUT2D eigenvalue weighted by Gasteiger charge is 2.09. The number of aryl methyl sites for hydroxylation is 1. The van der Waals surface area contributed by atoms with Crippen LogP contribution >= 0.6 is 15.9 Å². The number of benzene rings is 2. The van der Waals surface area contributed by atoms with Gasteiger partial charge in [0.25, 0.3) is 0 Å². The van der Waals surface area contributed by atoms with Crippen LogP contribution in [0.5, 0.6) is 0 Å². The number of anilines is 1. The fourth-order valence-electron chi connectivity index (χ4n) is 2.04. The fourth-order valence-corrected chi connectivity index (χ4v) is 2.40. The van der Waals surface area contributed by atoms with E-state index in [2.05, 4.69) is 83.6 Å². The maximum absolute atomic E-state index is 3.62. The highest BCUT2D eigenvalue weighted by atomic mass is 79.9. The molecule has 2 aromatic carbocycles. The van der Waals surface area contributed by atoms with Crippen LogP contribution in [0.2, 0.25) is 0 Å². The first-order chi connectivity index (χ1) is 8.70. The molecule has 0 amide bonds. The van der Waals surface area contributed by atoms with Crippen molar-refractivity contribution in [1.82, 2.24) is 0 Å². The summed E-state index contributed by atoms with van der Waals surface area (Å²) in [6.07, 6.45) is 1.07. The van der Waals surface area contributed by atoms with Crippen LogP contribution in [0.15, 0.2) is 53.0 Å². The lowest BCUT2D eigenvalue weighted by Gasteiger charge is -2.20. The molecule has 0 bridgehead atoms. The summed E-state index contributed by atoms with van der Waals surface area (Å²) < 4.78 is 1.11. The predicted octanol–water partition coefficient (Wildman–Crippen LogP) is 5.32. The Labute approximate surface area is 117 Å². The third kappa shape index (κ3) is 3.14. The van der Waals surface area contributed by atoms with E-state index in [0.29, 0.717) is 6.04 Å². The molecule has 0 spiro atoms. The van der Waals surface area contributed by atoms with Gasteiger partial charge in [0, 0.05) is 10.2 Å². The lowest BCUT2D eigenvalue weighted by molar-refractivity contribution is 0.748. The van der Waals surface area contributed by atoms with Crippen molar-refractivity contribution in [2.45, 2.75) is 26.3 Å². The molecular formula is C16H18BrN. The van der Waals surface area contributed by atoms with Gasteiger partial charge in [0.2, 0.25) is 0 Å². The summed E-state index contributed by atoms with van der Waals surface area (Å²) in [7, 11) is 0. The standard InChI is InChI=1S/C16H18BrN/c1-3-15(13-7-5-4-6-8-13)18-16-11-14(17)10-9-12(16)2/h4-11,15,18H,3H2,1-2H3. The molecule has 0 aliphatic rings. The number of hydrogen-bond donors (Lipinski definition) is 1. The van der Waals surface area contributed by atoms with Gasteiger partial charge in [-0.15, -0.1) is 0 Å². The van der Waals surface area contributed by atoms with E-state index in [1.54, 1.807) is 0 Å². The lowest BCUT2D eigenvalue weighted by Crippen LogP contribution is -2.10. The summed E-state index contributed by atoms with van der Waals surface area (Å²) in [5.41, 5.74) is 3.80. The molecule has 0 radical (unpaired) electrons. The summed E-state index contributed by atoms with van der Waals surface area (Å²) in [5, 5.41) is 3.62. The molecular weight excluding hydrogens is 286 g/mol. The minimum atomic E-state index is 0.360. The van der Waals surface area contributed by atoms with Gasteiger partial charge in [0.15, 0.2) is 0 Å². The van der Waals surface area contributed by atoms with E-state index in [1.165, 1.54) is 16.8 Å². The summed E-state index contributed by atoms with van der Waals surface area (Å²) in [6, 6.07) is 17.3. The van der Waals surface area contributed by atoms with Gasteiger partial charge in [-0.25, -0.2) is 0 Å². The van der Waals surface area contributed by atoms with E-state index < -0.39 is 0 Å². The van der Waals surface area contributed by atoms with Crippen LogP contribution in [0.25, 0.3) is 0 Å². The highest BCUT2D eigenvalue weighted by Crippen LogP contribution is 2.27. The number of rotatable bonds is 4. The molecule has 2 aromatic rings. The van der Waals surface area contributed by atoms with Crippen LogP contribution in [-0.2, 0) is 0 Å². The molecule has 1 atom stereocenters. The molecule has 1 N–H and O–H groups in total. The number of nitrogens with one attached hydrogen (secondary N) is 1. The molecule has 2 heteroatoms. The lowest BCUT2D eigenvalue weighted by atomic mass is 10.0.